The van der Waals surface area contributed by atoms with Crippen molar-refractivity contribution in [3.05, 3.63) is 26.9 Å². The molecule has 17 heavy (non-hydrogen) atoms. The quantitative estimate of drug-likeness (QED) is 0.663. The monoisotopic (exact) mass is 287 g/mol. The standard InChI is InChI=1S/C6H4ClF2N3O4S/c7-2-1-11-6(17(10,15)16)4(12(13)14)3(2)5(8)9/h1,5H,(H2,10,15,16). The lowest BCUT2D eigenvalue weighted by molar-refractivity contribution is -0.389. The number of rotatable bonds is 3. The fourth-order valence-corrected chi connectivity index (χ4v) is 1.94. The molecule has 0 amide bonds. The van der Waals surface area contributed by atoms with Crippen LogP contribution >= 0.6 is 11.6 Å². The number of nitro groups is 1. The fraction of sp³-hybridized carbons (Fsp3) is 0.167. The van der Waals surface area contributed by atoms with Crippen molar-refractivity contribution < 1.29 is 22.1 Å². The molecule has 1 aromatic rings. The fourth-order valence-electron chi connectivity index (χ4n) is 1.07. The Labute approximate surface area is 98.4 Å². The average molecular weight is 288 g/mol. The van der Waals surface area contributed by atoms with Crippen molar-refractivity contribution in [1.29, 1.82) is 0 Å². The van der Waals surface area contributed by atoms with Crippen molar-refractivity contribution in [1.82, 2.24) is 4.98 Å². The number of aromatic nitrogens is 1. The third-order valence-electron chi connectivity index (χ3n) is 1.68. The van der Waals surface area contributed by atoms with Crippen LogP contribution in [0.5, 0.6) is 0 Å². The molecule has 0 saturated carbocycles. The third kappa shape index (κ3) is 2.65. The summed E-state index contributed by atoms with van der Waals surface area (Å²) < 4.78 is 47.1. The van der Waals surface area contributed by atoms with Crippen molar-refractivity contribution in [2.75, 3.05) is 0 Å². The van der Waals surface area contributed by atoms with Gasteiger partial charge in [-0.3, -0.25) is 10.1 Å². The molecule has 0 aliphatic carbocycles. The van der Waals surface area contributed by atoms with Gasteiger partial charge in [-0.05, 0) is 0 Å². The molecule has 1 heterocycles. The molecular formula is C6H4ClF2N3O4S. The molecule has 11 heteroatoms. The molecule has 0 aliphatic heterocycles. The smallest absolute Gasteiger partial charge is 0.258 e. The van der Waals surface area contributed by atoms with E-state index in [1.807, 2.05) is 0 Å². The predicted octanol–water partition coefficient (Wildman–Crippen LogP) is 1.23. The van der Waals surface area contributed by atoms with Crippen molar-refractivity contribution in [3.8, 4) is 0 Å². The Morgan fingerprint density at radius 1 is 1.53 bits per heavy atom. The first-order chi connectivity index (χ1) is 7.66. The number of hydrogen-bond acceptors (Lipinski definition) is 5. The topological polar surface area (TPSA) is 116 Å². The minimum absolute atomic E-state index is 0.565. The van der Waals surface area contributed by atoms with Gasteiger partial charge in [-0.1, -0.05) is 11.6 Å². The van der Waals surface area contributed by atoms with Crippen LogP contribution in [0.1, 0.15) is 12.0 Å². The molecule has 7 nitrogen and oxygen atoms in total. The Hall–Kier alpha value is -1.39. The van der Waals surface area contributed by atoms with Crippen molar-refractivity contribution in [3.63, 3.8) is 0 Å². The first-order valence-electron chi connectivity index (χ1n) is 3.80. The summed E-state index contributed by atoms with van der Waals surface area (Å²) in [5, 5.41) is 13.3. The number of alkyl halides is 2. The molecule has 1 aromatic heterocycles. The third-order valence-corrected chi connectivity index (χ3v) is 2.82. The second-order valence-corrected chi connectivity index (χ2v) is 4.66. The van der Waals surface area contributed by atoms with Crippen LogP contribution in [0.15, 0.2) is 11.2 Å². The van der Waals surface area contributed by atoms with Crippen molar-refractivity contribution in [2.45, 2.75) is 11.5 Å². The van der Waals surface area contributed by atoms with E-state index in [2.05, 4.69) is 10.1 Å². The van der Waals surface area contributed by atoms with Crippen LogP contribution in [-0.4, -0.2) is 18.3 Å². The molecule has 0 bridgehead atoms. The summed E-state index contributed by atoms with van der Waals surface area (Å²) in [6.07, 6.45) is -2.76. The summed E-state index contributed by atoms with van der Waals surface area (Å²) >= 11 is 5.31. The first kappa shape index (κ1) is 13.7. The number of hydrogen-bond donors (Lipinski definition) is 1. The molecule has 0 unspecified atom stereocenters. The second-order valence-electron chi connectivity index (χ2n) is 2.78. The van der Waals surface area contributed by atoms with E-state index in [0.717, 1.165) is 0 Å². The summed E-state index contributed by atoms with van der Waals surface area (Å²) in [7, 11) is -4.60. The number of halogens is 3. The van der Waals surface area contributed by atoms with Gasteiger partial charge in [-0.25, -0.2) is 27.3 Å². The lowest BCUT2D eigenvalue weighted by Crippen LogP contribution is -2.17. The molecule has 0 atom stereocenters. The number of nitrogens with two attached hydrogens (primary N) is 1. The lowest BCUT2D eigenvalue weighted by atomic mass is 10.2. The average Bonchev–Trinajstić information content (AvgIpc) is 2.14. The molecule has 0 fully saturated rings. The van der Waals surface area contributed by atoms with Crippen LogP contribution in [0.2, 0.25) is 5.02 Å². The summed E-state index contributed by atoms with van der Waals surface area (Å²) in [6, 6.07) is 0. The minimum Gasteiger partial charge on any atom is -0.258 e. The normalized spacial score (nSPS) is 11.8. The van der Waals surface area contributed by atoms with Gasteiger partial charge < -0.3 is 0 Å². The van der Waals surface area contributed by atoms with E-state index in [1.54, 1.807) is 0 Å². The van der Waals surface area contributed by atoms with E-state index in [-0.39, 0.29) is 0 Å². The molecule has 1 rings (SSSR count). The van der Waals surface area contributed by atoms with Crippen LogP contribution in [-0.2, 0) is 10.0 Å². The van der Waals surface area contributed by atoms with Crippen LogP contribution < -0.4 is 5.14 Å². The molecule has 0 aliphatic rings. The highest BCUT2D eigenvalue weighted by Crippen LogP contribution is 2.37. The van der Waals surface area contributed by atoms with Crippen molar-refractivity contribution in [2.24, 2.45) is 5.14 Å². The Kier molecular flexibility index (Phi) is 3.59. The largest absolute Gasteiger partial charge is 0.318 e. The SMILES string of the molecule is NS(=O)(=O)c1ncc(Cl)c(C(F)F)c1[N+](=O)[O-]. The summed E-state index contributed by atoms with van der Waals surface area (Å²) in [6.45, 7) is 0. The van der Waals surface area contributed by atoms with E-state index >= 15 is 0 Å². The van der Waals surface area contributed by atoms with Crippen LogP contribution in [0.4, 0.5) is 14.5 Å². The summed E-state index contributed by atoms with van der Waals surface area (Å²) in [5.74, 6) is 0. The highest BCUT2D eigenvalue weighted by Gasteiger charge is 2.34. The molecule has 0 aromatic carbocycles. The maximum Gasteiger partial charge on any atom is 0.318 e. The molecular weight excluding hydrogens is 284 g/mol. The molecule has 2 N–H and O–H groups in total. The second kappa shape index (κ2) is 4.47. The zero-order valence-electron chi connectivity index (χ0n) is 7.80. The number of nitrogens with zero attached hydrogens (tertiary/aromatic N) is 2. The maximum absolute atomic E-state index is 12.6. The predicted molar refractivity (Wildman–Crippen MR) is 52.2 cm³/mol. The van der Waals surface area contributed by atoms with E-state index in [9.17, 15) is 27.3 Å². The maximum atomic E-state index is 12.6. The Morgan fingerprint density at radius 2 is 2.06 bits per heavy atom. The van der Waals surface area contributed by atoms with E-state index < -0.39 is 42.7 Å². The van der Waals surface area contributed by atoms with Gasteiger partial charge in [-0.2, -0.15) is 0 Å². The Morgan fingerprint density at radius 3 is 2.41 bits per heavy atom. The zero-order valence-corrected chi connectivity index (χ0v) is 9.37. The van der Waals surface area contributed by atoms with Gasteiger partial charge in [-0.15, -0.1) is 0 Å². The Bertz CT molecular complexity index is 577. The Balaban J connectivity index is 3.78. The molecule has 0 saturated heterocycles. The minimum atomic E-state index is -4.60. The highest BCUT2D eigenvalue weighted by atomic mass is 35.5. The van der Waals surface area contributed by atoms with Gasteiger partial charge in [0.1, 0.15) is 5.56 Å². The first-order valence-corrected chi connectivity index (χ1v) is 5.72. The number of sulfonamides is 1. The number of pyridine rings is 1. The zero-order chi connectivity index (χ0) is 13.4. The van der Waals surface area contributed by atoms with Crippen LogP contribution in [0.3, 0.4) is 0 Å². The van der Waals surface area contributed by atoms with E-state index in [4.69, 9.17) is 11.6 Å². The number of primary sulfonamides is 1. The van der Waals surface area contributed by atoms with Gasteiger partial charge in [0.2, 0.25) is 5.03 Å². The molecule has 94 valence electrons. The van der Waals surface area contributed by atoms with Gasteiger partial charge in [0.25, 0.3) is 16.4 Å². The molecule has 0 radical (unpaired) electrons. The summed E-state index contributed by atoms with van der Waals surface area (Å²) in [5.41, 5.74) is -2.63. The van der Waals surface area contributed by atoms with Crippen LogP contribution in [0.25, 0.3) is 0 Å². The van der Waals surface area contributed by atoms with Gasteiger partial charge >= 0.3 is 5.69 Å². The van der Waals surface area contributed by atoms with Crippen molar-refractivity contribution >= 4 is 27.3 Å². The van der Waals surface area contributed by atoms with Gasteiger partial charge in [0.15, 0.2) is 0 Å². The molecule has 0 spiro atoms. The summed E-state index contributed by atoms with van der Waals surface area (Å²) in [4.78, 5) is 12.4. The van der Waals surface area contributed by atoms with Gasteiger partial charge in [0.05, 0.1) is 9.95 Å². The van der Waals surface area contributed by atoms with Gasteiger partial charge in [0, 0.05) is 6.20 Å². The lowest BCUT2D eigenvalue weighted by Gasteiger charge is -2.06. The highest BCUT2D eigenvalue weighted by molar-refractivity contribution is 7.89. The van der Waals surface area contributed by atoms with E-state index in [0.29, 0.717) is 6.20 Å². The van der Waals surface area contributed by atoms with Crippen LogP contribution in [0, 0.1) is 10.1 Å². The van der Waals surface area contributed by atoms with E-state index in [1.165, 1.54) is 0 Å².